The highest BCUT2D eigenvalue weighted by Crippen LogP contribution is 2.23. The van der Waals surface area contributed by atoms with Crippen LogP contribution in [0.5, 0.6) is 0 Å². The zero-order valence-corrected chi connectivity index (χ0v) is 11.6. The van der Waals surface area contributed by atoms with Crippen molar-refractivity contribution in [1.29, 1.82) is 0 Å². The van der Waals surface area contributed by atoms with E-state index >= 15 is 0 Å². The molecular weight excluding hydrogens is 240 g/mol. The summed E-state index contributed by atoms with van der Waals surface area (Å²) < 4.78 is 0. The molecule has 3 heteroatoms. The van der Waals surface area contributed by atoms with Crippen molar-refractivity contribution in [3.8, 4) is 0 Å². The Bertz CT molecular complexity index is 468. The lowest BCUT2D eigenvalue weighted by Crippen LogP contribution is -2.18. The predicted octanol–water partition coefficient (Wildman–Crippen LogP) is 3.44. The number of pyridine rings is 1. The first kappa shape index (κ1) is 13.1. The fraction of sp³-hybridized carbons (Fsp3) is 0.267. The molecule has 18 heavy (non-hydrogen) atoms. The van der Waals surface area contributed by atoms with E-state index in [1.165, 1.54) is 11.1 Å². The normalized spacial score (nSPS) is 12.3. The number of hydrogen-bond donors (Lipinski definition) is 1. The number of nitrogens with one attached hydrogen (secondary N) is 1. The number of rotatable bonds is 5. The molecule has 0 spiro atoms. The molecule has 0 radical (unpaired) electrons. The zero-order valence-electron chi connectivity index (χ0n) is 10.8. The lowest BCUT2D eigenvalue weighted by Gasteiger charge is -2.16. The Kier molecular flexibility index (Phi) is 4.79. The van der Waals surface area contributed by atoms with Crippen LogP contribution >= 0.6 is 11.8 Å². The van der Waals surface area contributed by atoms with Crippen molar-refractivity contribution in [3.63, 3.8) is 0 Å². The minimum atomic E-state index is 0.359. The second-order valence-electron chi connectivity index (χ2n) is 4.23. The standard InChI is InChI=1S/C15H18N2S/c1-12-6-8-13(9-7-12)14(16-2)11-18-15-5-3-4-10-17-15/h3-10,14,16H,11H2,1-2H3. The SMILES string of the molecule is CNC(CSc1ccccn1)c1ccc(C)cc1. The molecule has 0 fully saturated rings. The molecule has 2 rings (SSSR count). The number of thioether (sulfide) groups is 1. The van der Waals surface area contributed by atoms with E-state index < -0.39 is 0 Å². The Morgan fingerprint density at radius 1 is 1.17 bits per heavy atom. The summed E-state index contributed by atoms with van der Waals surface area (Å²) in [4.78, 5) is 4.33. The maximum Gasteiger partial charge on any atom is 0.0960 e. The van der Waals surface area contributed by atoms with E-state index in [0.29, 0.717) is 6.04 Å². The van der Waals surface area contributed by atoms with Gasteiger partial charge < -0.3 is 5.32 Å². The summed E-state index contributed by atoms with van der Waals surface area (Å²) in [7, 11) is 2.00. The van der Waals surface area contributed by atoms with Gasteiger partial charge in [-0.2, -0.15) is 0 Å². The highest BCUT2D eigenvalue weighted by Gasteiger charge is 2.09. The summed E-state index contributed by atoms with van der Waals surface area (Å²) in [5.74, 6) is 0.983. The molecule has 1 heterocycles. The molecule has 0 aliphatic rings. The van der Waals surface area contributed by atoms with E-state index in [1.807, 2.05) is 31.4 Å². The van der Waals surface area contributed by atoms with Gasteiger partial charge in [0.05, 0.1) is 5.03 Å². The van der Waals surface area contributed by atoms with Crippen LogP contribution in [0.1, 0.15) is 17.2 Å². The molecule has 1 aromatic carbocycles. The van der Waals surface area contributed by atoms with Crippen LogP contribution in [0.2, 0.25) is 0 Å². The van der Waals surface area contributed by atoms with Gasteiger partial charge in [0, 0.05) is 18.0 Å². The summed E-state index contributed by atoms with van der Waals surface area (Å²) in [5.41, 5.74) is 2.62. The van der Waals surface area contributed by atoms with Crippen molar-refractivity contribution in [2.45, 2.75) is 18.0 Å². The molecule has 0 bridgehead atoms. The Morgan fingerprint density at radius 2 is 1.94 bits per heavy atom. The minimum absolute atomic E-state index is 0.359. The van der Waals surface area contributed by atoms with Gasteiger partial charge in [-0.25, -0.2) is 4.98 Å². The average Bonchev–Trinajstić information content (AvgIpc) is 2.42. The van der Waals surface area contributed by atoms with Crippen molar-refractivity contribution in [2.75, 3.05) is 12.8 Å². The van der Waals surface area contributed by atoms with Gasteiger partial charge >= 0.3 is 0 Å². The van der Waals surface area contributed by atoms with Crippen molar-refractivity contribution in [1.82, 2.24) is 10.3 Å². The summed E-state index contributed by atoms with van der Waals surface area (Å²) in [6, 6.07) is 15.1. The quantitative estimate of drug-likeness (QED) is 0.832. The molecule has 0 aliphatic carbocycles. The van der Waals surface area contributed by atoms with E-state index in [0.717, 1.165) is 10.8 Å². The molecule has 1 atom stereocenters. The highest BCUT2D eigenvalue weighted by molar-refractivity contribution is 7.99. The molecule has 0 aliphatic heterocycles. The van der Waals surface area contributed by atoms with Crippen molar-refractivity contribution in [3.05, 3.63) is 59.8 Å². The molecule has 0 saturated carbocycles. The maximum atomic E-state index is 4.33. The van der Waals surface area contributed by atoms with Crippen LogP contribution in [0.15, 0.2) is 53.7 Å². The highest BCUT2D eigenvalue weighted by atomic mass is 32.2. The molecule has 1 unspecified atom stereocenters. The number of aryl methyl sites for hydroxylation is 1. The van der Waals surface area contributed by atoms with Gasteiger partial charge in [0.15, 0.2) is 0 Å². The Morgan fingerprint density at radius 3 is 2.56 bits per heavy atom. The van der Waals surface area contributed by atoms with Crippen LogP contribution in [0, 0.1) is 6.92 Å². The van der Waals surface area contributed by atoms with Gasteiger partial charge in [-0.3, -0.25) is 0 Å². The van der Waals surface area contributed by atoms with Crippen LogP contribution < -0.4 is 5.32 Å². The van der Waals surface area contributed by atoms with E-state index in [1.54, 1.807) is 11.8 Å². The predicted molar refractivity (Wildman–Crippen MR) is 77.9 cm³/mol. The largest absolute Gasteiger partial charge is 0.312 e. The zero-order chi connectivity index (χ0) is 12.8. The monoisotopic (exact) mass is 258 g/mol. The van der Waals surface area contributed by atoms with Gasteiger partial charge in [0.2, 0.25) is 0 Å². The Hall–Kier alpha value is -1.32. The lowest BCUT2D eigenvalue weighted by atomic mass is 10.1. The van der Waals surface area contributed by atoms with E-state index in [2.05, 4.69) is 41.5 Å². The number of benzene rings is 1. The van der Waals surface area contributed by atoms with Gasteiger partial charge in [0.1, 0.15) is 0 Å². The molecule has 2 aromatic rings. The van der Waals surface area contributed by atoms with Gasteiger partial charge in [-0.1, -0.05) is 35.9 Å². The first-order chi connectivity index (χ1) is 8.79. The third kappa shape index (κ3) is 3.59. The third-order valence-corrected chi connectivity index (χ3v) is 3.90. The second kappa shape index (κ2) is 6.57. The van der Waals surface area contributed by atoms with Crippen LogP contribution in [-0.4, -0.2) is 17.8 Å². The van der Waals surface area contributed by atoms with Crippen LogP contribution in [0.3, 0.4) is 0 Å². The lowest BCUT2D eigenvalue weighted by molar-refractivity contribution is 0.661. The fourth-order valence-electron chi connectivity index (χ4n) is 1.75. The minimum Gasteiger partial charge on any atom is -0.312 e. The Balaban J connectivity index is 1.99. The van der Waals surface area contributed by atoms with Gasteiger partial charge in [-0.05, 0) is 31.7 Å². The number of hydrogen-bond acceptors (Lipinski definition) is 3. The topological polar surface area (TPSA) is 24.9 Å². The van der Waals surface area contributed by atoms with Crippen molar-refractivity contribution >= 4 is 11.8 Å². The number of aromatic nitrogens is 1. The number of nitrogens with zero attached hydrogens (tertiary/aromatic N) is 1. The smallest absolute Gasteiger partial charge is 0.0960 e. The van der Waals surface area contributed by atoms with Crippen LogP contribution in [-0.2, 0) is 0 Å². The van der Waals surface area contributed by atoms with Gasteiger partial charge in [-0.15, -0.1) is 11.8 Å². The molecule has 94 valence electrons. The van der Waals surface area contributed by atoms with Crippen LogP contribution in [0.25, 0.3) is 0 Å². The van der Waals surface area contributed by atoms with Crippen LogP contribution in [0.4, 0.5) is 0 Å². The van der Waals surface area contributed by atoms with E-state index in [9.17, 15) is 0 Å². The van der Waals surface area contributed by atoms with E-state index in [4.69, 9.17) is 0 Å². The van der Waals surface area contributed by atoms with Gasteiger partial charge in [0.25, 0.3) is 0 Å². The first-order valence-electron chi connectivity index (χ1n) is 6.07. The molecule has 2 nitrogen and oxygen atoms in total. The Labute approximate surface area is 113 Å². The average molecular weight is 258 g/mol. The van der Waals surface area contributed by atoms with Crippen molar-refractivity contribution in [2.24, 2.45) is 0 Å². The summed E-state index contributed by atoms with van der Waals surface area (Å²) in [6.45, 7) is 2.11. The third-order valence-electron chi connectivity index (χ3n) is 2.86. The summed E-state index contributed by atoms with van der Waals surface area (Å²) >= 11 is 1.78. The fourth-order valence-corrected chi connectivity index (χ4v) is 2.75. The molecular formula is C15H18N2S. The summed E-state index contributed by atoms with van der Waals surface area (Å²) in [5, 5.41) is 4.43. The van der Waals surface area contributed by atoms with Crippen molar-refractivity contribution < 1.29 is 0 Å². The molecule has 1 aromatic heterocycles. The maximum absolute atomic E-state index is 4.33. The first-order valence-corrected chi connectivity index (χ1v) is 7.06. The summed E-state index contributed by atoms with van der Waals surface area (Å²) in [6.07, 6.45) is 1.84. The molecule has 1 N–H and O–H groups in total. The molecule has 0 amide bonds. The van der Waals surface area contributed by atoms with E-state index in [-0.39, 0.29) is 0 Å². The molecule has 0 saturated heterocycles. The second-order valence-corrected chi connectivity index (χ2v) is 5.27.